The Labute approximate surface area is 162 Å². The number of benzene rings is 1. The molecule has 9 heteroatoms. The molecule has 1 aromatic carbocycles. The van der Waals surface area contributed by atoms with Gasteiger partial charge in [0.05, 0.1) is 18.2 Å². The van der Waals surface area contributed by atoms with Crippen LogP contribution >= 0.6 is 11.3 Å². The summed E-state index contributed by atoms with van der Waals surface area (Å²) in [6.45, 7) is 0.641. The summed E-state index contributed by atoms with van der Waals surface area (Å²) in [5, 5.41) is 13.2. The van der Waals surface area contributed by atoms with Gasteiger partial charge in [-0.2, -0.15) is 22.7 Å². The molecule has 0 radical (unpaired) electrons. The molecule has 0 spiro atoms. The average molecular weight is 402 g/mol. The van der Waals surface area contributed by atoms with Crippen molar-refractivity contribution >= 4 is 32.4 Å². The fourth-order valence-corrected chi connectivity index (χ4v) is 5.01. The second-order valence-electron chi connectivity index (χ2n) is 6.79. The van der Waals surface area contributed by atoms with Gasteiger partial charge in [0.1, 0.15) is 5.01 Å². The van der Waals surface area contributed by atoms with Crippen molar-refractivity contribution in [3.63, 3.8) is 0 Å². The molecule has 0 saturated heterocycles. The summed E-state index contributed by atoms with van der Waals surface area (Å²) < 4.78 is 30.6. The van der Waals surface area contributed by atoms with E-state index < -0.39 is 10.2 Å². The van der Waals surface area contributed by atoms with Gasteiger partial charge in [0, 0.05) is 54.7 Å². The van der Waals surface area contributed by atoms with Gasteiger partial charge >= 0.3 is 0 Å². The van der Waals surface area contributed by atoms with Crippen molar-refractivity contribution in [2.75, 3.05) is 14.1 Å². The zero-order chi connectivity index (χ0) is 19.2. The van der Waals surface area contributed by atoms with Crippen LogP contribution in [0.5, 0.6) is 0 Å². The van der Waals surface area contributed by atoms with E-state index in [0.717, 1.165) is 27.2 Å². The molecule has 0 bridgehead atoms. The van der Waals surface area contributed by atoms with E-state index in [-0.39, 0.29) is 6.04 Å². The van der Waals surface area contributed by atoms with Gasteiger partial charge in [-0.3, -0.25) is 0 Å². The van der Waals surface area contributed by atoms with Gasteiger partial charge in [0.25, 0.3) is 10.2 Å². The van der Waals surface area contributed by atoms with Gasteiger partial charge < -0.3 is 4.57 Å². The molecule has 0 saturated carbocycles. The van der Waals surface area contributed by atoms with Crippen LogP contribution < -0.4 is 4.72 Å². The number of fused-ring (bicyclic) bond motifs is 3. The number of aromatic nitrogens is 2. The lowest BCUT2D eigenvalue weighted by Gasteiger charge is -2.18. The van der Waals surface area contributed by atoms with Gasteiger partial charge in [-0.15, -0.1) is 11.3 Å². The van der Waals surface area contributed by atoms with Crippen molar-refractivity contribution in [3.8, 4) is 6.07 Å². The van der Waals surface area contributed by atoms with E-state index in [1.165, 1.54) is 18.4 Å². The first kappa shape index (κ1) is 18.1. The largest absolute Gasteiger partial charge is 0.337 e. The summed E-state index contributed by atoms with van der Waals surface area (Å²) in [5.41, 5.74) is 3.89. The van der Waals surface area contributed by atoms with Gasteiger partial charge in [0.15, 0.2) is 0 Å². The van der Waals surface area contributed by atoms with Crippen LogP contribution in [0.3, 0.4) is 0 Å². The monoisotopic (exact) mass is 401 g/mol. The summed E-state index contributed by atoms with van der Waals surface area (Å²) in [5.74, 6) is 0. The second kappa shape index (κ2) is 6.73. The third-order valence-corrected chi connectivity index (χ3v) is 7.24. The van der Waals surface area contributed by atoms with Crippen molar-refractivity contribution < 1.29 is 8.42 Å². The Hall–Kier alpha value is -2.25. The molecular weight excluding hydrogens is 382 g/mol. The smallest absolute Gasteiger partial charge is 0.279 e. The predicted molar refractivity (Wildman–Crippen MR) is 105 cm³/mol. The van der Waals surface area contributed by atoms with Gasteiger partial charge in [-0.1, -0.05) is 0 Å². The SMILES string of the molecule is CN(C)S(=O)(=O)N[C@@H]1Cc2c(n(Cc3nccs3)c3ccc(C#N)cc23)C1. The van der Waals surface area contributed by atoms with Crippen LogP contribution in [0.4, 0.5) is 0 Å². The van der Waals surface area contributed by atoms with Gasteiger partial charge in [-0.25, -0.2) is 4.98 Å². The molecule has 0 amide bonds. The number of nitriles is 1. The maximum atomic E-state index is 12.2. The lowest BCUT2D eigenvalue weighted by molar-refractivity contribution is 0.487. The minimum atomic E-state index is -3.49. The Morgan fingerprint density at radius 3 is 2.89 bits per heavy atom. The van der Waals surface area contributed by atoms with Crippen molar-refractivity contribution in [2.45, 2.75) is 25.4 Å². The van der Waals surface area contributed by atoms with Gasteiger partial charge in [0.2, 0.25) is 0 Å². The fourth-order valence-electron chi connectivity index (χ4n) is 3.61. The van der Waals surface area contributed by atoms with Crippen molar-refractivity contribution in [1.29, 1.82) is 5.26 Å². The van der Waals surface area contributed by atoms with E-state index in [1.807, 2.05) is 23.6 Å². The number of hydrogen-bond donors (Lipinski definition) is 1. The molecule has 27 heavy (non-hydrogen) atoms. The van der Waals surface area contributed by atoms with Gasteiger partial charge in [-0.05, 0) is 30.2 Å². The predicted octanol–water partition coefficient (Wildman–Crippen LogP) is 1.88. The molecule has 3 aromatic rings. The van der Waals surface area contributed by atoms with Crippen LogP contribution in [-0.2, 0) is 29.6 Å². The molecule has 1 aliphatic carbocycles. The third kappa shape index (κ3) is 3.26. The number of thiazole rings is 1. The van der Waals surface area contributed by atoms with Crippen LogP contribution in [0.2, 0.25) is 0 Å². The highest BCUT2D eigenvalue weighted by molar-refractivity contribution is 7.87. The quantitative estimate of drug-likeness (QED) is 0.707. The normalized spacial score (nSPS) is 16.7. The van der Waals surface area contributed by atoms with E-state index in [1.54, 1.807) is 17.5 Å². The molecule has 1 aliphatic rings. The molecule has 0 unspecified atom stereocenters. The van der Waals surface area contributed by atoms with Crippen LogP contribution in [0.15, 0.2) is 29.8 Å². The topological polar surface area (TPSA) is 91.0 Å². The minimum absolute atomic E-state index is 0.194. The highest BCUT2D eigenvalue weighted by Gasteiger charge is 2.31. The fraction of sp³-hybridized carbons (Fsp3) is 0.333. The maximum Gasteiger partial charge on any atom is 0.279 e. The molecule has 0 fully saturated rings. The first-order chi connectivity index (χ1) is 12.9. The molecule has 1 N–H and O–H groups in total. The lowest BCUT2D eigenvalue weighted by Crippen LogP contribution is -2.42. The van der Waals surface area contributed by atoms with E-state index >= 15 is 0 Å². The Kier molecular flexibility index (Phi) is 4.52. The van der Waals surface area contributed by atoms with Crippen molar-refractivity contribution in [1.82, 2.24) is 18.6 Å². The van der Waals surface area contributed by atoms with Crippen LogP contribution in [-0.4, -0.2) is 42.4 Å². The average Bonchev–Trinajstić information content (AvgIpc) is 3.33. The summed E-state index contributed by atoms with van der Waals surface area (Å²) in [4.78, 5) is 4.39. The molecule has 2 aromatic heterocycles. The zero-order valence-electron chi connectivity index (χ0n) is 15.0. The summed E-state index contributed by atoms with van der Waals surface area (Å²) >= 11 is 1.60. The molecule has 1 atom stereocenters. The van der Waals surface area contributed by atoms with Crippen LogP contribution in [0, 0.1) is 11.3 Å². The maximum absolute atomic E-state index is 12.2. The highest BCUT2D eigenvalue weighted by Crippen LogP contribution is 2.35. The van der Waals surface area contributed by atoms with Crippen LogP contribution in [0.1, 0.15) is 21.8 Å². The number of hydrogen-bond acceptors (Lipinski definition) is 5. The molecular formula is C18H19N5O2S2. The standard InChI is InChI=1S/C18H19N5O2S2/c1-22(2)27(24,25)21-13-8-15-14-7-12(10-19)3-4-16(14)23(17(15)9-13)11-18-20-5-6-26-18/h3-7,13,21H,8-9,11H2,1-2H3/t13-/m1/s1. The van der Waals surface area contributed by atoms with E-state index in [9.17, 15) is 13.7 Å². The van der Waals surface area contributed by atoms with Crippen molar-refractivity contribution in [3.05, 3.63) is 51.6 Å². The summed E-state index contributed by atoms with van der Waals surface area (Å²) in [6, 6.07) is 7.69. The first-order valence-corrected chi connectivity index (χ1v) is 10.8. The molecule has 2 heterocycles. The molecule has 0 aliphatic heterocycles. The Morgan fingerprint density at radius 2 is 2.22 bits per heavy atom. The zero-order valence-corrected chi connectivity index (χ0v) is 16.6. The first-order valence-electron chi connectivity index (χ1n) is 8.51. The highest BCUT2D eigenvalue weighted by atomic mass is 32.2. The Morgan fingerprint density at radius 1 is 1.41 bits per heavy atom. The summed E-state index contributed by atoms with van der Waals surface area (Å²) in [7, 11) is -0.464. The molecule has 4 rings (SSSR count). The Balaban J connectivity index is 1.76. The van der Waals surface area contributed by atoms with Crippen LogP contribution in [0.25, 0.3) is 10.9 Å². The second-order valence-corrected chi connectivity index (χ2v) is 9.69. The number of nitrogens with zero attached hydrogens (tertiary/aromatic N) is 4. The minimum Gasteiger partial charge on any atom is -0.337 e. The van der Waals surface area contributed by atoms with E-state index in [2.05, 4.69) is 20.3 Å². The summed E-state index contributed by atoms with van der Waals surface area (Å²) in [6.07, 6.45) is 3.01. The molecule has 140 valence electrons. The molecule has 7 nitrogen and oxygen atoms in total. The third-order valence-electron chi connectivity index (χ3n) is 4.88. The Bertz CT molecular complexity index is 1140. The number of rotatable bonds is 5. The van der Waals surface area contributed by atoms with E-state index in [4.69, 9.17) is 0 Å². The van der Waals surface area contributed by atoms with E-state index in [0.29, 0.717) is 24.9 Å². The van der Waals surface area contributed by atoms with Crippen molar-refractivity contribution in [2.24, 2.45) is 0 Å². The number of nitrogens with one attached hydrogen (secondary N) is 1. The lowest BCUT2D eigenvalue weighted by atomic mass is 10.1.